The van der Waals surface area contributed by atoms with E-state index in [1.807, 2.05) is 69.4 Å². The van der Waals surface area contributed by atoms with Crippen molar-refractivity contribution < 1.29 is 63.2 Å². The largest absolute Gasteiger partial charge is 0.448 e. The predicted octanol–water partition coefficient (Wildman–Crippen LogP) is 3.12. The lowest BCUT2D eigenvalue weighted by molar-refractivity contribution is -0.321. The first kappa shape index (κ1) is 54.0. The number of aromatic nitrogens is 1. The van der Waals surface area contributed by atoms with Crippen molar-refractivity contribution in [1.82, 2.24) is 20.1 Å². The zero-order chi connectivity index (χ0) is 47.2. The van der Waals surface area contributed by atoms with Crippen LogP contribution in [0.25, 0.3) is 0 Å². The molecule has 0 bridgehead atoms. The smallest absolute Gasteiger partial charge is 0.312 e. The molecule has 17 nitrogen and oxygen atoms in total. The molecule has 18 heteroatoms. The van der Waals surface area contributed by atoms with E-state index in [0.717, 1.165) is 0 Å². The fraction of sp³-hybridized carbons (Fsp3) is 0.844. The number of likely N-dealkylation sites (N-methyl/N-ethyl adjacent to an activating group) is 2. The van der Waals surface area contributed by atoms with Gasteiger partial charge in [-0.1, -0.05) is 19.9 Å². The standard InChI is InChI=1S/C45H77IN4O13/c1-25-22-43(7,55)38(62-41-35(32(49(10)11)21-26(2)59-41)58-20-16-19-48-39(53)31-17-14-15-18-47-31)27(3)34(61-33-23-44(8,57-13)37(52)30(6)60-33)28(4)40(54)63-42(46)45(9,56)36(51)29(5)50(12)24-25/h14-15,17-18,25-30,32-38,41-42,51-52,55-56H,16,19-24H2,1-13H3,(H,48,53)/t25-,26-,27+,28-,29-,30+,32+,33+,34+,35-,36-,37+,38-,41+,42+,43-,44-,45+/m1/s1. The van der Waals surface area contributed by atoms with Crippen molar-refractivity contribution in [1.29, 1.82) is 0 Å². The molecule has 3 saturated heterocycles. The second kappa shape index (κ2) is 22.9. The second-order valence-corrected chi connectivity index (χ2v) is 20.4. The molecule has 3 aliphatic heterocycles. The summed E-state index contributed by atoms with van der Waals surface area (Å²) in [6, 6.07) is 4.43. The van der Waals surface area contributed by atoms with Crippen molar-refractivity contribution in [2.75, 3.05) is 47.9 Å². The minimum Gasteiger partial charge on any atom is -0.448 e. The van der Waals surface area contributed by atoms with Crippen LogP contribution in [0.15, 0.2) is 24.4 Å². The first-order valence-corrected chi connectivity index (χ1v) is 23.6. The van der Waals surface area contributed by atoms with Crippen molar-refractivity contribution in [3.63, 3.8) is 0 Å². The minimum atomic E-state index is -1.85. The number of hydrogen-bond acceptors (Lipinski definition) is 16. The van der Waals surface area contributed by atoms with Crippen LogP contribution in [0.1, 0.15) is 98.5 Å². The lowest BCUT2D eigenvalue weighted by Crippen LogP contribution is -2.61. The van der Waals surface area contributed by atoms with Gasteiger partial charge in [-0.25, -0.2) is 0 Å². The fourth-order valence-electron chi connectivity index (χ4n) is 9.39. The lowest BCUT2D eigenvalue weighted by atomic mass is 9.77. The number of methoxy groups -OCH3 is 1. The van der Waals surface area contributed by atoms with Gasteiger partial charge in [0.1, 0.15) is 29.6 Å². The van der Waals surface area contributed by atoms with E-state index in [1.165, 1.54) is 14.0 Å². The number of carbonyl (C=O) groups excluding carboxylic acids is 2. The summed E-state index contributed by atoms with van der Waals surface area (Å²) in [5.74, 6) is -2.97. The first-order chi connectivity index (χ1) is 29.3. The van der Waals surface area contributed by atoms with Gasteiger partial charge in [0, 0.05) is 57.4 Å². The van der Waals surface area contributed by atoms with Crippen molar-refractivity contribution in [2.24, 2.45) is 17.8 Å². The van der Waals surface area contributed by atoms with Gasteiger partial charge in [0.2, 0.25) is 0 Å². The number of alkyl halides is 1. The highest BCUT2D eigenvalue weighted by molar-refractivity contribution is 14.1. The molecule has 4 rings (SSSR count). The highest BCUT2D eigenvalue weighted by Gasteiger charge is 2.53. The SMILES string of the molecule is CO[C@]1(C)C[C@H](O[C@H]2[C@H](C)[C@@H](O[C@@H]3O[C@H](C)C[C@H](N(C)C)[C@H]3OCCCNC(=O)c3ccccn3)[C@](C)(O)C[C@@H](C)CN(C)[C@H](C)[C@@H](O)[C@](C)(O)[C@@H](I)OC(=O)[C@@H]2C)O[C@@H](C)[C@@H]1O. The predicted molar refractivity (Wildman–Crippen MR) is 243 cm³/mol. The Morgan fingerprint density at radius 1 is 1.02 bits per heavy atom. The number of pyridine rings is 1. The molecule has 5 N–H and O–H groups in total. The van der Waals surface area contributed by atoms with Crippen LogP contribution in [0.4, 0.5) is 0 Å². The van der Waals surface area contributed by atoms with Crippen molar-refractivity contribution >= 4 is 34.5 Å². The maximum Gasteiger partial charge on any atom is 0.312 e. The third-order valence-electron chi connectivity index (χ3n) is 13.4. The second-order valence-electron chi connectivity index (χ2n) is 19.3. The Kier molecular flexibility index (Phi) is 19.6. The number of hydrogen-bond donors (Lipinski definition) is 5. The molecule has 0 aliphatic carbocycles. The normalized spacial score (nSPS) is 42.8. The van der Waals surface area contributed by atoms with Gasteiger partial charge in [-0.3, -0.25) is 14.6 Å². The molecular weight excluding hydrogens is 931 g/mol. The van der Waals surface area contributed by atoms with Gasteiger partial charge in [0.25, 0.3) is 5.91 Å². The molecule has 1 aromatic rings. The summed E-state index contributed by atoms with van der Waals surface area (Å²) >= 11 is 1.84. The van der Waals surface area contributed by atoms with Gasteiger partial charge >= 0.3 is 5.97 Å². The molecule has 362 valence electrons. The van der Waals surface area contributed by atoms with Crippen LogP contribution in [0.5, 0.6) is 0 Å². The number of nitrogens with one attached hydrogen (secondary N) is 1. The van der Waals surface area contributed by atoms with E-state index in [0.29, 0.717) is 31.6 Å². The lowest BCUT2D eigenvalue weighted by Gasteiger charge is -2.49. The molecule has 4 heterocycles. The Morgan fingerprint density at radius 3 is 2.32 bits per heavy atom. The number of esters is 1. The number of ether oxygens (including phenoxy) is 7. The zero-order valence-corrected chi connectivity index (χ0v) is 41.8. The van der Waals surface area contributed by atoms with Gasteiger partial charge in [-0.05, 0) is 130 Å². The molecule has 63 heavy (non-hydrogen) atoms. The number of carbonyl (C=O) groups is 2. The summed E-state index contributed by atoms with van der Waals surface area (Å²) in [4.78, 5) is 35.1. The Balaban J connectivity index is 1.74. The topological polar surface area (TPSA) is 211 Å². The minimum absolute atomic E-state index is 0.116. The van der Waals surface area contributed by atoms with E-state index < -0.39 is 94.0 Å². The van der Waals surface area contributed by atoms with E-state index in [9.17, 15) is 30.0 Å². The number of rotatable bonds is 12. The summed E-state index contributed by atoms with van der Waals surface area (Å²) in [6.45, 7) is 16.9. The Bertz CT molecular complexity index is 1600. The van der Waals surface area contributed by atoms with Crippen LogP contribution in [0.2, 0.25) is 0 Å². The maximum atomic E-state index is 14.3. The van der Waals surface area contributed by atoms with Crippen molar-refractivity contribution in [2.45, 2.75) is 176 Å². The molecule has 3 aliphatic rings. The van der Waals surface area contributed by atoms with E-state index >= 15 is 0 Å². The Labute approximate surface area is 388 Å². The van der Waals surface area contributed by atoms with Gasteiger partial charge in [-0.15, -0.1) is 0 Å². The van der Waals surface area contributed by atoms with E-state index in [4.69, 9.17) is 33.2 Å². The van der Waals surface area contributed by atoms with Crippen LogP contribution in [-0.4, -0.2) is 183 Å². The quantitative estimate of drug-likeness (QED) is 0.0882. The zero-order valence-electron chi connectivity index (χ0n) is 39.6. The number of nitrogens with zero attached hydrogens (tertiary/aromatic N) is 3. The highest BCUT2D eigenvalue weighted by atomic mass is 127. The van der Waals surface area contributed by atoms with E-state index in [2.05, 4.69) is 15.2 Å². The number of cyclic esters (lactones) is 1. The third kappa shape index (κ3) is 13.5. The van der Waals surface area contributed by atoms with Crippen LogP contribution in [0.3, 0.4) is 0 Å². The van der Waals surface area contributed by atoms with Crippen molar-refractivity contribution in [3.8, 4) is 0 Å². The molecule has 0 saturated carbocycles. The van der Waals surface area contributed by atoms with Gasteiger partial charge in [0.15, 0.2) is 16.7 Å². The van der Waals surface area contributed by atoms with Crippen LogP contribution in [-0.2, 0) is 38.0 Å². The van der Waals surface area contributed by atoms with Crippen LogP contribution < -0.4 is 5.32 Å². The molecule has 1 amide bonds. The maximum absolute atomic E-state index is 14.3. The summed E-state index contributed by atoms with van der Waals surface area (Å²) in [6.07, 6.45) is -4.90. The molecule has 0 aromatic carbocycles. The number of amides is 1. The van der Waals surface area contributed by atoms with E-state index in [1.54, 1.807) is 59.0 Å². The van der Waals surface area contributed by atoms with Gasteiger partial charge in [0.05, 0.1) is 41.5 Å². The molecule has 0 unspecified atom stereocenters. The van der Waals surface area contributed by atoms with Gasteiger partial charge in [-0.2, -0.15) is 0 Å². The highest BCUT2D eigenvalue weighted by Crippen LogP contribution is 2.40. The third-order valence-corrected chi connectivity index (χ3v) is 14.9. The summed E-state index contributed by atoms with van der Waals surface area (Å²) < 4.78 is 43.9. The molecular formula is C45H77IN4O13. The van der Waals surface area contributed by atoms with Crippen molar-refractivity contribution in [3.05, 3.63) is 30.1 Å². The molecule has 0 radical (unpaired) electrons. The molecule has 0 spiro atoms. The number of aliphatic hydroxyl groups excluding tert-OH is 2. The molecule has 3 fully saturated rings. The number of halogens is 1. The monoisotopic (exact) mass is 1010 g/mol. The van der Waals surface area contributed by atoms with E-state index in [-0.39, 0.29) is 43.4 Å². The fourth-order valence-corrected chi connectivity index (χ4v) is 10.0. The van der Waals surface area contributed by atoms with Gasteiger partial charge < -0.3 is 68.7 Å². The van der Waals surface area contributed by atoms with Crippen LogP contribution in [0, 0.1) is 17.8 Å². The summed E-state index contributed by atoms with van der Waals surface area (Å²) in [7, 11) is 7.28. The summed E-state index contributed by atoms with van der Waals surface area (Å²) in [5, 5.41) is 49.9. The molecule has 18 atom stereocenters. The Morgan fingerprint density at radius 2 is 1.70 bits per heavy atom. The molecule has 1 aromatic heterocycles. The Hall–Kier alpha value is -1.66. The van der Waals surface area contributed by atoms with Crippen LogP contribution >= 0.6 is 22.6 Å². The number of aliphatic hydroxyl groups is 4. The average Bonchev–Trinajstić information content (AvgIpc) is 3.22. The first-order valence-electron chi connectivity index (χ1n) is 22.3. The average molecular weight is 1010 g/mol. The summed E-state index contributed by atoms with van der Waals surface area (Å²) in [5.41, 5.74) is -4.15.